The molecule has 0 aliphatic heterocycles. The molecule has 0 bridgehead atoms. The molecular weight excluding hydrogens is 274 g/mol. The van der Waals surface area contributed by atoms with Crippen molar-refractivity contribution in [2.45, 2.75) is 45.4 Å². The fourth-order valence-electron chi connectivity index (χ4n) is 1.83. The van der Waals surface area contributed by atoms with Crippen LogP contribution >= 0.6 is 23.4 Å². The van der Waals surface area contributed by atoms with Crippen molar-refractivity contribution in [3.8, 4) is 0 Å². The van der Waals surface area contributed by atoms with Gasteiger partial charge in [0.1, 0.15) is 0 Å². The Morgan fingerprint density at radius 1 is 1.11 bits per heavy atom. The van der Waals surface area contributed by atoms with E-state index in [1.54, 1.807) is 0 Å². The number of halogens is 1. The number of rotatable bonds is 9. The molecule has 0 fully saturated rings. The van der Waals surface area contributed by atoms with Gasteiger partial charge in [0.05, 0.1) is 0 Å². The van der Waals surface area contributed by atoms with E-state index in [0.717, 1.165) is 29.0 Å². The maximum Gasteiger partial charge on any atom is 0.0406 e. The van der Waals surface area contributed by atoms with Crippen molar-refractivity contribution < 1.29 is 0 Å². The van der Waals surface area contributed by atoms with Crippen molar-refractivity contribution in [2.75, 3.05) is 12.3 Å². The summed E-state index contributed by atoms with van der Waals surface area (Å²) in [6.07, 6.45) is 2.59. The lowest BCUT2D eigenvalue weighted by atomic mass is 10.0. The highest BCUT2D eigenvalue weighted by Gasteiger charge is 2.02. The normalized spacial score (nSPS) is 12.9. The van der Waals surface area contributed by atoms with Crippen LogP contribution in [0.2, 0.25) is 5.02 Å². The Labute approximate surface area is 127 Å². The summed E-state index contributed by atoms with van der Waals surface area (Å²) in [5.41, 5.74) is 1.35. The smallest absolute Gasteiger partial charge is 0.0406 e. The van der Waals surface area contributed by atoms with Crippen LogP contribution in [0.1, 0.15) is 39.2 Å². The topological polar surface area (TPSA) is 12.0 Å². The third-order valence-electron chi connectivity index (χ3n) is 3.10. The minimum Gasteiger partial charge on any atom is -0.313 e. The summed E-state index contributed by atoms with van der Waals surface area (Å²) in [5, 5.41) is 4.41. The average Bonchev–Trinajstić information content (AvgIpc) is 2.38. The number of hydrogen-bond acceptors (Lipinski definition) is 2. The van der Waals surface area contributed by atoms with E-state index in [-0.39, 0.29) is 0 Å². The van der Waals surface area contributed by atoms with Crippen LogP contribution in [-0.2, 0) is 5.75 Å². The molecule has 1 rings (SSSR count). The zero-order chi connectivity index (χ0) is 14.1. The third kappa shape index (κ3) is 8.56. The summed E-state index contributed by atoms with van der Waals surface area (Å²) < 4.78 is 0. The largest absolute Gasteiger partial charge is 0.313 e. The third-order valence-corrected chi connectivity index (χ3v) is 4.38. The molecule has 1 nitrogen and oxygen atoms in total. The summed E-state index contributed by atoms with van der Waals surface area (Å²) in [6, 6.07) is 8.77. The minimum absolute atomic E-state index is 0.638. The molecule has 19 heavy (non-hydrogen) atoms. The number of benzene rings is 1. The summed E-state index contributed by atoms with van der Waals surface area (Å²) in [7, 11) is 0. The van der Waals surface area contributed by atoms with Crippen LogP contribution in [-0.4, -0.2) is 18.3 Å². The monoisotopic (exact) mass is 299 g/mol. The van der Waals surface area contributed by atoms with Gasteiger partial charge in [-0.1, -0.05) is 37.6 Å². The average molecular weight is 300 g/mol. The van der Waals surface area contributed by atoms with Crippen LogP contribution in [0, 0.1) is 5.92 Å². The van der Waals surface area contributed by atoms with Gasteiger partial charge in [-0.25, -0.2) is 0 Å². The fourth-order valence-corrected chi connectivity index (χ4v) is 2.79. The summed E-state index contributed by atoms with van der Waals surface area (Å²) in [6.45, 7) is 7.95. The lowest BCUT2D eigenvalue weighted by Gasteiger charge is -2.14. The Hall–Kier alpha value is -0.180. The molecule has 0 heterocycles. The van der Waals surface area contributed by atoms with Crippen LogP contribution in [0.25, 0.3) is 0 Å². The van der Waals surface area contributed by atoms with Crippen molar-refractivity contribution in [3.05, 3.63) is 34.9 Å². The van der Waals surface area contributed by atoms with E-state index in [2.05, 4.69) is 38.2 Å². The molecular formula is C16H26ClNS. The van der Waals surface area contributed by atoms with E-state index in [9.17, 15) is 0 Å². The first-order valence-electron chi connectivity index (χ1n) is 7.13. The number of nitrogens with one attached hydrogen (secondary N) is 1. The van der Waals surface area contributed by atoms with Gasteiger partial charge in [0.15, 0.2) is 0 Å². The van der Waals surface area contributed by atoms with E-state index in [1.165, 1.54) is 18.4 Å². The molecule has 0 spiro atoms. The van der Waals surface area contributed by atoms with Gasteiger partial charge in [0.2, 0.25) is 0 Å². The van der Waals surface area contributed by atoms with Gasteiger partial charge in [-0.2, -0.15) is 11.8 Å². The summed E-state index contributed by atoms with van der Waals surface area (Å²) in [5.74, 6) is 3.04. The zero-order valence-corrected chi connectivity index (χ0v) is 13.9. The molecule has 1 aromatic carbocycles. The van der Waals surface area contributed by atoms with Gasteiger partial charge in [-0.15, -0.1) is 0 Å². The lowest BCUT2D eigenvalue weighted by Crippen LogP contribution is -2.28. The van der Waals surface area contributed by atoms with E-state index in [1.807, 2.05) is 23.9 Å². The summed E-state index contributed by atoms with van der Waals surface area (Å²) >= 11 is 7.84. The maximum atomic E-state index is 5.87. The van der Waals surface area contributed by atoms with Crippen LogP contribution in [0.4, 0.5) is 0 Å². The molecule has 0 saturated carbocycles. The Balaban J connectivity index is 2.03. The van der Waals surface area contributed by atoms with E-state index in [4.69, 9.17) is 11.6 Å². The first-order valence-corrected chi connectivity index (χ1v) is 8.66. The first-order chi connectivity index (χ1) is 9.08. The highest BCUT2D eigenvalue weighted by Crippen LogP contribution is 2.15. The predicted octanol–water partition coefficient (Wildman–Crippen LogP) is 4.99. The van der Waals surface area contributed by atoms with Gasteiger partial charge < -0.3 is 5.32 Å². The molecule has 0 aliphatic carbocycles. The molecule has 108 valence electrons. The van der Waals surface area contributed by atoms with Crippen LogP contribution < -0.4 is 5.32 Å². The van der Waals surface area contributed by atoms with Crippen molar-refractivity contribution in [1.82, 2.24) is 5.32 Å². The molecule has 0 radical (unpaired) electrons. The van der Waals surface area contributed by atoms with Crippen molar-refractivity contribution in [1.29, 1.82) is 0 Å². The maximum absolute atomic E-state index is 5.87. The highest BCUT2D eigenvalue weighted by atomic mass is 35.5. The molecule has 1 unspecified atom stereocenters. The standard InChI is InChI=1S/C16H26ClNS/c1-13(2)4-5-14(3)18-10-11-19-12-15-6-8-16(17)9-7-15/h6-9,13-14,18H,4-5,10-12H2,1-3H3. The number of hydrogen-bond donors (Lipinski definition) is 1. The van der Waals surface area contributed by atoms with E-state index < -0.39 is 0 Å². The highest BCUT2D eigenvalue weighted by molar-refractivity contribution is 7.98. The molecule has 1 N–H and O–H groups in total. The Kier molecular flexibility index (Phi) is 8.60. The Morgan fingerprint density at radius 2 is 1.79 bits per heavy atom. The van der Waals surface area contributed by atoms with Crippen molar-refractivity contribution in [2.24, 2.45) is 5.92 Å². The SMILES string of the molecule is CC(C)CCC(C)NCCSCc1ccc(Cl)cc1. The fraction of sp³-hybridized carbons (Fsp3) is 0.625. The van der Waals surface area contributed by atoms with Gasteiger partial charge in [-0.05, 0) is 43.4 Å². The molecule has 0 aromatic heterocycles. The second-order valence-corrected chi connectivity index (χ2v) is 7.05. The van der Waals surface area contributed by atoms with Gasteiger partial charge in [0.25, 0.3) is 0 Å². The number of thioether (sulfide) groups is 1. The molecule has 3 heteroatoms. The Morgan fingerprint density at radius 3 is 2.42 bits per heavy atom. The quantitative estimate of drug-likeness (QED) is 0.645. The van der Waals surface area contributed by atoms with Gasteiger partial charge in [-0.3, -0.25) is 0 Å². The molecule has 0 saturated heterocycles. The second kappa shape index (κ2) is 9.68. The zero-order valence-electron chi connectivity index (χ0n) is 12.3. The van der Waals surface area contributed by atoms with Gasteiger partial charge >= 0.3 is 0 Å². The van der Waals surface area contributed by atoms with Gasteiger partial charge in [0, 0.05) is 29.1 Å². The van der Waals surface area contributed by atoms with E-state index in [0.29, 0.717) is 6.04 Å². The van der Waals surface area contributed by atoms with Crippen LogP contribution in [0.5, 0.6) is 0 Å². The van der Waals surface area contributed by atoms with Crippen molar-refractivity contribution in [3.63, 3.8) is 0 Å². The second-order valence-electron chi connectivity index (χ2n) is 5.51. The van der Waals surface area contributed by atoms with Crippen LogP contribution in [0.15, 0.2) is 24.3 Å². The predicted molar refractivity (Wildman–Crippen MR) is 89.2 cm³/mol. The van der Waals surface area contributed by atoms with Crippen LogP contribution in [0.3, 0.4) is 0 Å². The molecule has 0 amide bonds. The minimum atomic E-state index is 0.638. The lowest BCUT2D eigenvalue weighted by molar-refractivity contribution is 0.460. The molecule has 1 atom stereocenters. The Bertz CT molecular complexity index is 337. The molecule has 1 aromatic rings. The van der Waals surface area contributed by atoms with Crippen molar-refractivity contribution >= 4 is 23.4 Å². The van der Waals surface area contributed by atoms with E-state index >= 15 is 0 Å². The first kappa shape index (κ1) is 16.9. The molecule has 0 aliphatic rings. The summed E-state index contributed by atoms with van der Waals surface area (Å²) in [4.78, 5) is 0.